The van der Waals surface area contributed by atoms with Crippen molar-refractivity contribution in [1.82, 2.24) is 9.89 Å². The van der Waals surface area contributed by atoms with Crippen molar-refractivity contribution in [1.29, 1.82) is 0 Å². The lowest BCUT2D eigenvalue weighted by atomic mass is 9.90. The molecule has 2 heteroatoms. The van der Waals surface area contributed by atoms with Gasteiger partial charge < -0.3 is 0 Å². The average Bonchev–Trinajstić information content (AvgIpc) is 2.48. The van der Waals surface area contributed by atoms with E-state index in [1.165, 1.54) is 32.2 Å². The minimum absolute atomic E-state index is 0.801. The van der Waals surface area contributed by atoms with Crippen LogP contribution < -0.4 is 4.99 Å². The molecule has 3 rings (SSSR count). The molecule has 0 aromatic rings. The summed E-state index contributed by atoms with van der Waals surface area (Å²) in [4.78, 5) is 7.12. The molecule has 65 valence electrons. The van der Waals surface area contributed by atoms with E-state index < -0.39 is 0 Å². The van der Waals surface area contributed by atoms with E-state index in [4.69, 9.17) is 0 Å². The Balaban J connectivity index is 1.72. The van der Waals surface area contributed by atoms with Crippen LogP contribution in [0.2, 0.25) is 0 Å². The maximum Gasteiger partial charge on any atom is 0.226 e. The highest BCUT2D eigenvalue weighted by Crippen LogP contribution is 2.34. The number of hydrogen-bond donors (Lipinski definition) is 0. The molecule has 1 radical (unpaired) electrons. The van der Waals surface area contributed by atoms with E-state index in [1.807, 2.05) is 0 Å². The Morgan fingerprint density at radius 1 is 1.25 bits per heavy atom. The quantitative estimate of drug-likeness (QED) is 0.556. The molecular weight excluding hydrogens is 148 g/mol. The van der Waals surface area contributed by atoms with Gasteiger partial charge in [-0.25, -0.2) is 0 Å². The Hall–Kier alpha value is -0.370. The molecule has 2 nitrogen and oxygen atoms in total. The van der Waals surface area contributed by atoms with Gasteiger partial charge >= 0.3 is 0 Å². The zero-order valence-electron chi connectivity index (χ0n) is 7.45. The Bertz CT molecular complexity index is 208. The summed E-state index contributed by atoms with van der Waals surface area (Å²) in [6, 6.07) is 1.73. The second kappa shape index (κ2) is 2.56. The van der Waals surface area contributed by atoms with Crippen LogP contribution >= 0.6 is 0 Å². The van der Waals surface area contributed by atoms with E-state index in [9.17, 15) is 0 Å². The summed E-state index contributed by atoms with van der Waals surface area (Å²) in [6.07, 6.45) is 7.92. The van der Waals surface area contributed by atoms with Crippen LogP contribution in [0.15, 0.2) is 0 Å². The second-order valence-electron chi connectivity index (χ2n) is 4.36. The van der Waals surface area contributed by atoms with Crippen LogP contribution in [0.4, 0.5) is 0 Å². The van der Waals surface area contributed by atoms with Crippen molar-refractivity contribution in [3.63, 3.8) is 0 Å². The van der Waals surface area contributed by atoms with Crippen molar-refractivity contribution in [2.45, 2.75) is 37.8 Å². The summed E-state index contributed by atoms with van der Waals surface area (Å²) in [5, 5.41) is 0. The predicted molar refractivity (Wildman–Crippen MR) is 49.3 cm³/mol. The van der Waals surface area contributed by atoms with Crippen molar-refractivity contribution in [3.05, 3.63) is 0 Å². The number of likely N-dealkylation sites (tertiary alicyclic amines) is 1. The van der Waals surface area contributed by atoms with Gasteiger partial charge in [0.05, 0.1) is 12.0 Å². The van der Waals surface area contributed by atoms with Crippen LogP contribution in [0.3, 0.4) is 0 Å². The topological polar surface area (TPSA) is 17.3 Å². The van der Waals surface area contributed by atoms with E-state index in [2.05, 4.69) is 16.1 Å². The summed E-state index contributed by atoms with van der Waals surface area (Å²) in [6.45, 7) is 2.42. The minimum Gasteiger partial charge on any atom is -0.291 e. The normalized spacial score (nSPS) is 41.7. The van der Waals surface area contributed by atoms with Crippen molar-refractivity contribution < 1.29 is 0 Å². The molecule has 0 aromatic carbocycles. The Kier molecular flexibility index (Phi) is 1.51. The van der Waals surface area contributed by atoms with Gasteiger partial charge in [0.25, 0.3) is 0 Å². The third-order valence-corrected chi connectivity index (χ3v) is 3.77. The maximum atomic E-state index is 4.39. The lowest BCUT2D eigenvalue weighted by Gasteiger charge is -2.36. The Labute approximate surface area is 73.7 Å². The Morgan fingerprint density at radius 3 is 2.92 bits per heavy atom. The first-order valence-corrected chi connectivity index (χ1v) is 5.21. The highest BCUT2D eigenvalue weighted by Gasteiger charge is 2.45. The zero-order chi connectivity index (χ0) is 7.97. The van der Waals surface area contributed by atoms with Crippen LogP contribution in [-0.2, 0) is 0 Å². The van der Waals surface area contributed by atoms with E-state index in [0.29, 0.717) is 0 Å². The fourth-order valence-corrected chi connectivity index (χ4v) is 2.79. The van der Waals surface area contributed by atoms with E-state index in [1.54, 1.807) is 0 Å². The maximum absolute atomic E-state index is 4.39. The van der Waals surface area contributed by atoms with Crippen molar-refractivity contribution in [2.24, 2.45) is 5.92 Å². The van der Waals surface area contributed by atoms with E-state index >= 15 is 0 Å². The predicted octanol–water partition coefficient (Wildman–Crippen LogP) is 0.650. The van der Waals surface area contributed by atoms with Crippen molar-refractivity contribution in [3.8, 4) is 0 Å². The monoisotopic (exact) mass is 164 g/mol. The van der Waals surface area contributed by atoms with Gasteiger partial charge in [0.15, 0.2) is 0 Å². The summed E-state index contributed by atoms with van der Waals surface area (Å²) < 4.78 is 0. The molecular formula is C10H16N2+. The number of rotatable bonds is 1. The second-order valence-corrected chi connectivity index (χ2v) is 4.36. The lowest BCUT2D eigenvalue weighted by Crippen LogP contribution is -2.45. The highest BCUT2D eigenvalue weighted by atomic mass is 15.2. The number of hydrogen-bond acceptors (Lipinski definition) is 2. The lowest BCUT2D eigenvalue weighted by molar-refractivity contribution is 0.114. The van der Waals surface area contributed by atoms with Gasteiger partial charge in [0, 0.05) is 11.0 Å². The first kappa shape index (κ1) is 7.07. The molecule has 0 amide bonds. The van der Waals surface area contributed by atoms with Crippen LogP contribution in [0.25, 0.3) is 0 Å². The number of fused-ring (bicyclic) bond motifs is 1. The van der Waals surface area contributed by atoms with Gasteiger partial charge in [-0.15, -0.1) is 0 Å². The smallest absolute Gasteiger partial charge is 0.226 e. The van der Waals surface area contributed by atoms with Crippen LogP contribution in [0.5, 0.6) is 0 Å². The summed E-state index contributed by atoms with van der Waals surface area (Å²) in [5.41, 5.74) is 0. The van der Waals surface area contributed by atoms with E-state index in [-0.39, 0.29) is 0 Å². The summed E-state index contributed by atoms with van der Waals surface area (Å²) in [5.74, 6) is 0.811. The molecule has 1 saturated carbocycles. The van der Waals surface area contributed by atoms with Gasteiger partial charge in [0.2, 0.25) is 12.8 Å². The third-order valence-electron chi connectivity index (χ3n) is 3.77. The highest BCUT2D eigenvalue weighted by molar-refractivity contribution is 5.63. The summed E-state index contributed by atoms with van der Waals surface area (Å²) in [7, 11) is 0. The molecule has 1 saturated heterocycles. The minimum atomic E-state index is 0.801. The van der Waals surface area contributed by atoms with Crippen LogP contribution in [0.1, 0.15) is 25.7 Å². The molecule has 12 heavy (non-hydrogen) atoms. The van der Waals surface area contributed by atoms with Crippen LogP contribution in [0, 0.1) is 5.92 Å². The van der Waals surface area contributed by atoms with Gasteiger partial charge in [-0.2, -0.15) is 0 Å². The molecule has 0 N–H and O–H groups in total. The molecule has 2 heterocycles. The van der Waals surface area contributed by atoms with Gasteiger partial charge in [-0.1, -0.05) is 6.42 Å². The number of aliphatic imine (C=N–C) groups is 1. The van der Waals surface area contributed by atoms with Crippen molar-refractivity contribution in [2.75, 3.05) is 13.1 Å². The van der Waals surface area contributed by atoms with E-state index in [0.717, 1.165) is 24.5 Å². The number of nitrogens with zero attached hydrogens (tertiary/aromatic N) is 2. The van der Waals surface area contributed by atoms with Gasteiger partial charge in [-0.05, 0) is 25.8 Å². The average molecular weight is 164 g/mol. The molecule has 2 atom stereocenters. The van der Waals surface area contributed by atoms with Gasteiger partial charge in [0.1, 0.15) is 0 Å². The first-order chi connectivity index (χ1) is 5.95. The largest absolute Gasteiger partial charge is 0.291 e. The third kappa shape index (κ3) is 0.875. The standard InChI is InChI=1S/C10H16N2/c1-2-9(3-1)12-5-4-8-6-11-7-10(8)12/h6,8-10H,1-5,7H2/q+1. The molecule has 2 aliphatic heterocycles. The fourth-order valence-electron chi connectivity index (χ4n) is 2.79. The molecule has 0 bridgehead atoms. The Morgan fingerprint density at radius 2 is 2.17 bits per heavy atom. The van der Waals surface area contributed by atoms with Crippen molar-refractivity contribution >= 4 is 6.21 Å². The van der Waals surface area contributed by atoms with Crippen LogP contribution in [-0.4, -0.2) is 36.3 Å². The SMILES string of the molecule is C1=[N+]CC2C1CCN2C1CCC1. The molecule has 2 unspecified atom stereocenters. The molecule has 0 spiro atoms. The van der Waals surface area contributed by atoms with Gasteiger partial charge in [-0.3, -0.25) is 4.90 Å². The first-order valence-electron chi connectivity index (χ1n) is 5.21. The molecule has 1 aliphatic carbocycles. The fraction of sp³-hybridized carbons (Fsp3) is 0.900. The molecule has 2 fully saturated rings. The zero-order valence-corrected chi connectivity index (χ0v) is 7.45. The molecule has 3 aliphatic rings. The molecule has 0 aromatic heterocycles. The summed E-state index contributed by atoms with van der Waals surface area (Å²) >= 11 is 0.